The number of ketones is 1. The van der Waals surface area contributed by atoms with E-state index < -0.39 is 0 Å². The van der Waals surface area contributed by atoms with Crippen LogP contribution in [-0.2, 0) is 6.54 Å². The maximum absolute atomic E-state index is 12.2. The summed E-state index contributed by atoms with van der Waals surface area (Å²) in [7, 11) is 0. The molecule has 1 atom stereocenters. The van der Waals surface area contributed by atoms with Crippen LogP contribution in [0.2, 0.25) is 0 Å². The van der Waals surface area contributed by atoms with E-state index in [4.69, 9.17) is 0 Å². The fraction of sp³-hybridized carbons (Fsp3) is 0.636. The minimum absolute atomic E-state index is 0.207. The van der Waals surface area contributed by atoms with Crippen LogP contribution in [-0.4, -0.2) is 26.1 Å². The molecule has 0 aliphatic carbocycles. The van der Waals surface area contributed by atoms with Gasteiger partial charge in [0.25, 0.3) is 0 Å². The molecule has 1 aromatic rings. The van der Waals surface area contributed by atoms with E-state index in [1.807, 2.05) is 13.1 Å². The van der Waals surface area contributed by atoms with Crippen LogP contribution < -0.4 is 0 Å². The lowest BCUT2D eigenvalue weighted by Crippen LogP contribution is -2.28. The summed E-state index contributed by atoms with van der Waals surface area (Å²) in [6, 6.07) is 0. The first kappa shape index (κ1) is 10.7. The molecule has 1 saturated heterocycles. The van der Waals surface area contributed by atoms with E-state index in [2.05, 4.69) is 12.0 Å². The van der Waals surface area contributed by atoms with Gasteiger partial charge in [0.05, 0.1) is 16.5 Å². The molecule has 0 saturated carbocycles. The quantitative estimate of drug-likeness (QED) is 0.739. The third-order valence-electron chi connectivity index (χ3n) is 2.92. The van der Waals surface area contributed by atoms with Crippen molar-refractivity contribution in [3.8, 4) is 0 Å². The molecule has 1 aliphatic rings. The number of carbonyl (C=O) groups excluding carboxylic acids is 1. The van der Waals surface area contributed by atoms with Crippen LogP contribution >= 0.6 is 11.8 Å². The Bertz CT molecular complexity index is 366. The molecular weight excluding hydrogens is 208 g/mol. The highest BCUT2D eigenvalue weighted by Gasteiger charge is 2.38. The molecule has 82 valence electrons. The number of hydrogen-bond acceptors (Lipinski definition) is 3. The number of thioether (sulfide) groups is 1. The Morgan fingerprint density at radius 2 is 2.53 bits per heavy atom. The van der Waals surface area contributed by atoms with Crippen molar-refractivity contribution in [3.63, 3.8) is 0 Å². The van der Waals surface area contributed by atoms with Crippen LogP contribution in [0.3, 0.4) is 0 Å². The van der Waals surface area contributed by atoms with E-state index in [9.17, 15) is 4.79 Å². The molecule has 1 aliphatic heterocycles. The Kier molecular flexibility index (Phi) is 2.87. The summed E-state index contributed by atoms with van der Waals surface area (Å²) < 4.78 is 1.60. The van der Waals surface area contributed by atoms with Gasteiger partial charge in [-0.05, 0) is 32.4 Å². The smallest absolute Gasteiger partial charge is 0.181 e. The highest BCUT2D eigenvalue weighted by atomic mass is 32.2. The fourth-order valence-corrected chi connectivity index (χ4v) is 3.19. The Morgan fingerprint density at radius 1 is 1.73 bits per heavy atom. The van der Waals surface area contributed by atoms with Gasteiger partial charge in [-0.3, -0.25) is 9.48 Å². The van der Waals surface area contributed by atoms with Gasteiger partial charge >= 0.3 is 0 Å². The van der Waals surface area contributed by atoms with Gasteiger partial charge in [-0.2, -0.15) is 5.10 Å². The second-order valence-corrected chi connectivity index (χ2v) is 5.69. The van der Waals surface area contributed by atoms with Gasteiger partial charge in [-0.15, -0.1) is 11.8 Å². The molecule has 4 heteroatoms. The van der Waals surface area contributed by atoms with E-state index in [0.717, 1.165) is 30.7 Å². The molecule has 0 spiro atoms. The second kappa shape index (κ2) is 4.00. The van der Waals surface area contributed by atoms with Crippen molar-refractivity contribution in [2.24, 2.45) is 0 Å². The minimum Gasteiger partial charge on any atom is -0.292 e. The Balaban J connectivity index is 2.19. The third kappa shape index (κ3) is 1.95. The predicted molar refractivity (Wildman–Crippen MR) is 62.3 cm³/mol. The molecule has 1 aromatic heterocycles. The molecule has 1 unspecified atom stereocenters. The van der Waals surface area contributed by atoms with Gasteiger partial charge in [0.1, 0.15) is 0 Å². The summed E-state index contributed by atoms with van der Waals surface area (Å²) in [5.41, 5.74) is 0.758. The first-order valence-electron chi connectivity index (χ1n) is 5.37. The molecule has 2 heterocycles. The summed E-state index contributed by atoms with van der Waals surface area (Å²) in [6.07, 6.45) is 5.69. The van der Waals surface area contributed by atoms with Crippen LogP contribution in [0.1, 0.15) is 37.0 Å². The highest BCUT2D eigenvalue weighted by molar-refractivity contribution is 8.01. The Hall–Kier alpha value is -0.770. The summed E-state index contributed by atoms with van der Waals surface area (Å²) in [4.78, 5) is 12.2. The number of nitrogens with zero attached hydrogens (tertiary/aromatic N) is 2. The van der Waals surface area contributed by atoms with Crippen LogP contribution in [0, 0.1) is 0 Å². The molecular formula is C11H16N2OS. The maximum Gasteiger partial charge on any atom is 0.181 e. The third-order valence-corrected chi connectivity index (χ3v) is 4.44. The average molecular weight is 224 g/mol. The molecule has 1 fully saturated rings. The van der Waals surface area contributed by atoms with E-state index in [-0.39, 0.29) is 10.5 Å². The van der Waals surface area contributed by atoms with E-state index in [1.165, 1.54) is 0 Å². The van der Waals surface area contributed by atoms with Gasteiger partial charge in [0, 0.05) is 12.7 Å². The largest absolute Gasteiger partial charge is 0.292 e. The molecule has 3 nitrogen and oxygen atoms in total. The van der Waals surface area contributed by atoms with Crippen molar-refractivity contribution in [1.82, 2.24) is 9.78 Å². The SMILES string of the molecule is CCn1cc(C(=O)C2(C)CCCS2)cn1. The highest BCUT2D eigenvalue weighted by Crippen LogP contribution is 2.40. The molecule has 0 amide bonds. The van der Waals surface area contributed by atoms with Crippen molar-refractivity contribution >= 4 is 17.5 Å². The number of aromatic nitrogens is 2. The summed E-state index contributed by atoms with van der Waals surface area (Å²) in [6.45, 7) is 4.89. The number of rotatable bonds is 3. The first-order valence-corrected chi connectivity index (χ1v) is 6.35. The number of Topliss-reactive ketones (excluding diaryl/α,β-unsaturated/α-hetero) is 1. The lowest BCUT2D eigenvalue weighted by atomic mass is 9.97. The van der Waals surface area contributed by atoms with Crippen molar-refractivity contribution < 1.29 is 4.79 Å². The van der Waals surface area contributed by atoms with Gasteiger partial charge in [0.15, 0.2) is 5.78 Å². The number of carbonyl (C=O) groups is 1. The van der Waals surface area contributed by atoms with Crippen molar-refractivity contribution in [3.05, 3.63) is 18.0 Å². The summed E-state index contributed by atoms with van der Waals surface area (Å²) >= 11 is 1.78. The average Bonchev–Trinajstić information content (AvgIpc) is 2.85. The zero-order valence-corrected chi connectivity index (χ0v) is 10.0. The van der Waals surface area contributed by atoms with Crippen LogP contribution in [0.25, 0.3) is 0 Å². The van der Waals surface area contributed by atoms with Crippen LogP contribution in [0.4, 0.5) is 0 Å². The van der Waals surface area contributed by atoms with E-state index in [0.29, 0.717) is 0 Å². The van der Waals surface area contributed by atoms with Crippen LogP contribution in [0.5, 0.6) is 0 Å². The fourth-order valence-electron chi connectivity index (χ4n) is 1.92. The normalized spacial score (nSPS) is 25.7. The molecule has 0 N–H and O–H groups in total. The van der Waals surface area contributed by atoms with E-state index in [1.54, 1.807) is 22.6 Å². The molecule has 0 radical (unpaired) electrons. The topological polar surface area (TPSA) is 34.9 Å². The van der Waals surface area contributed by atoms with Gasteiger partial charge < -0.3 is 0 Å². The van der Waals surface area contributed by atoms with Gasteiger partial charge in [-0.25, -0.2) is 0 Å². The van der Waals surface area contributed by atoms with E-state index >= 15 is 0 Å². The lowest BCUT2D eigenvalue weighted by molar-refractivity contribution is 0.0949. The Labute approximate surface area is 94.2 Å². The predicted octanol–water partition coefficient (Wildman–Crippen LogP) is 2.37. The zero-order chi connectivity index (χ0) is 10.9. The number of aryl methyl sites for hydroxylation is 1. The van der Waals surface area contributed by atoms with Crippen molar-refractivity contribution in [2.75, 3.05) is 5.75 Å². The first-order chi connectivity index (χ1) is 7.15. The van der Waals surface area contributed by atoms with Crippen molar-refractivity contribution in [2.45, 2.75) is 38.0 Å². The lowest BCUT2D eigenvalue weighted by Gasteiger charge is -2.19. The monoisotopic (exact) mass is 224 g/mol. The Morgan fingerprint density at radius 3 is 3.07 bits per heavy atom. The molecule has 0 bridgehead atoms. The van der Waals surface area contributed by atoms with Gasteiger partial charge in [-0.1, -0.05) is 0 Å². The van der Waals surface area contributed by atoms with Crippen molar-refractivity contribution in [1.29, 1.82) is 0 Å². The minimum atomic E-state index is -0.207. The zero-order valence-electron chi connectivity index (χ0n) is 9.19. The molecule has 2 rings (SSSR count). The van der Waals surface area contributed by atoms with Gasteiger partial charge in [0.2, 0.25) is 0 Å². The second-order valence-electron chi connectivity index (χ2n) is 4.10. The number of hydrogen-bond donors (Lipinski definition) is 0. The maximum atomic E-state index is 12.2. The molecule has 15 heavy (non-hydrogen) atoms. The van der Waals surface area contributed by atoms with Crippen LogP contribution in [0.15, 0.2) is 12.4 Å². The summed E-state index contributed by atoms with van der Waals surface area (Å²) in [5.74, 6) is 1.34. The molecule has 0 aromatic carbocycles. The standard InChI is InChI=1S/C11H16N2OS/c1-3-13-8-9(7-12-13)10(14)11(2)5-4-6-15-11/h7-8H,3-6H2,1-2H3. The summed E-state index contributed by atoms with van der Waals surface area (Å²) in [5, 5.41) is 4.14.